The van der Waals surface area contributed by atoms with Crippen molar-refractivity contribution >= 4 is 17.1 Å². The minimum atomic E-state index is -0.467. The molecule has 0 aliphatic heterocycles. The molecule has 0 saturated carbocycles. The quantitative estimate of drug-likeness (QED) is 0.279. The molecule has 3 N–H and O–H groups in total. The Labute approximate surface area is 170 Å². The van der Waals surface area contributed by atoms with Crippen LogP contribution in [0.1, 0.15) is 0 Å². The lowest BCUT2D eigenvalue weighted by Crippen LogP contribution is -1.89. The molecule has 4 rings (SSSR count). The SMILES string of the molecule is Nc1ccc(-c2nc(-c3ccc([N+](=O)[O-])cc3)c(-c3ccc([N+](=O)[O-])cc3)[nH]2)cc1. The summed E-state index contributed by atoms with van der Waals surface area (Å²) in [6, 6.07) is 19.3. The number of hydrogen-bond acceptors (Lipinski definition) is 6. The maximum Gasteiger partial charge on any atom is 0.269 e. The van der Waals surface area contributed by atoms with E-state index >= 15 is 0 Å². The standard InChI is InChI=1S/C21H15N5O4/c22-16-7-1-15(2-8-16)21-23-19(13-3-9-17(10-4-13)25(27)28)20(24-21)14-5-11-18(12-6-14)26(29)30/h1-12H,22H2,(H,23,24). The van der Waals surface area contributed by atoms with Crippen molar-refractivity contribution in [1.82, 2.24) is 9.97 Å². The molecule has 0 spiro atoms. The maximum atomic E-state index is 11.0. The molecule has 3 aromatic carbocycles. The number of anilines is 1. The largest absolute Gasteiger partial charge is 0.399 e. The van der Waals surface area contributed by atoms with Crippen molar-refractivity contribution in [2.45, 2.75) is 0 Å². The van der Waals surface area contributed by atoms with Crippen LogP contribution in [0.5, 0.6) is 0 Å². The van der Waals surface area contributed by atoms with Gasteiger partial charge in [0.05, 0.1) is 21.2 Å². The number of H-pyrrole nitrogens is 1. The molecule has 0 radical (unpaired) electrons. The Bertz CT molecular complexity index is 1160. The summed E-state index contributed by atoms with van der Waals surface area (Å²) in [5, 5.41) is 21.9. The second-order valence-electron chi connectivity index (χ2n) is 6.54. The summed E-state index contributed by atoms with van der Waals surface area (Å²) in [4.78, 5) is 28.9. The van der Waals surface area contributed by atoms with Gasteiger partial charge in [0, 0.05) is 46.6 Å². The molecular weight excluding hydrogens is 386 g/mol. The molecule has 0 aliphatic rings. The zero-order chi connectivity index (χ0) is 21.3. The third-order valence-corrected chi connectivity index (χ3v) is 4.61. The van der Waals surface area contributed by atoms with Crippen molar-refractivity contribution < 1.29 is 9.85 Å². The van der Waals surface area contributed by atoms with E-state index in [2.05, 4.69) is 9.97 Å². The number of nitrogen functional groups attached to an aromatic ring is 1. The lowest BCUT2D eigenvalue weighted by molar-refractivity contribution is -0.385. The van der Waals surface area contributed by atoms with Crippen molar-refractivity contribution in [3.05, 3.63) is 93.0 Å². The van der Waals surface area contributed by atoms with Gasteiger partial charge in [0.15, 0.2) is 0 Å². The molecule has 1 aromatic heterocycles. The van der Waals surface area contributed by atoms with Gasteiger partial charge in [0.25, 0.3) is 11.4 Å². The average Bonchev–Trinajstić information content (AvgIpc) is 3.20. The predicted molar refractivity (Wildman–Crippen MR) is 113 cm³/mol. The highest BCUT2D eigenvalue weighted by Crippen LogP contribution is 2.34. The van der Waals surface area contributed by atoms with Gasteiger partial charge in [-0.3, -0.25) is 20.2 Å². The second kappa shape index (κ2) is 7.47. The van der Waals surface area contributed by atoms with Gasteiger partial charge in [0.2, 0.25) is 0 Å². The van der Waals surface area contributed by atoms with E-state index in [0.717, 1.165) is 5.56 Å². The van der Waals surface area contributed by atoms with Gasteiger partial charge in [-0.25, -0.2) is 4.98 Å². The number of imidazole rings is 1. The van der Waals surface area contributed by atoms with Crippen LogP contribution >= 0.6 is 0 Å². The average molecular weight is 401 g/mol. The van der Waals surface area contributed by atoms with Crippen molar-refractivity contribution in [2.75, 3.05) is 5.73 Å². The Morgan fingerprint density at radius 2 is 1.17 bits per heavy atom. The van der Waals surface area contributed by atoms with Gasteiger partial charge in [0.1, 0.15) is 5.82 Å². The van der Waals surface area contributed by atoms with Gasteiger partial charge < -0.3 is 10.7 Å². The first-order valence-electron chi connectivity index (χ1n) is 8.88. The highest BCUT2D eigenvalue weighted by atomic mass is 16.6. The van der Waals surface area contributed by atoms with E-state index in [-0.39, 0.29) is 11.4 Å². The van der Waals surface area contributed by atoms with Crippen LogP contribution in [0, 0.1) is 20.2 Å². The van der Waals surface area contributed by atoms with Crippen LogP contribution in [0.15, 0.2) is 72.8 Å². The minimum Gasteiger partial charge on any atom is -0.399 e. The molecule has 0 amide bonds. The number of nitro groups is 2. The monoisotopic (exact) mass is 401 g/mol. The first-order valence-corrected chi connectivity index (χ1v) is 8.88. The number of nitrogens with zero attached hydrogens (tertiary/aromatic N) is 3. The molecule has 0 saturated heterocycles. The smallest absolute Gasteiger partial charge is 0.269 e. The third kappa shape index (κ3) is 3.59. The first-order chi connectivity index (χ1) is 14.4. The van der Waals surface area contributed by atoms with E-state index < -0.39 is 9.85 Å². The van der Waals surface area contributed by atoms with Crippen LogP contribution in [0.3, 0.4) is 0 Å². The Hall–Kier alpha value is -4.53. The molecule has 9 nitrogen and oxygen atoms in total. The molecule has 0 aliphatic carbocycles. The van der Waals surface area contributed by atoms with E-state index in [9.17, 15) is 20.2 Å². The number of aromatic amines is 1. The molecule has 30 heavy (non-hydrogen) atoms. The second-order valence-corrected chi connectivity index (χ2v) is 6.54. The Kier molecular flexibility index (Phi) is 4.69. The zero-order valence-corrected chi connectivity index (χ0v) is 15.5. The van der Waals surface area contributed by atoms with Crippen LogP contribution in [0.2, 0.25) is 0 Å². The molecule has 9 heteroatoms. The Balaban J connectivity index is 1.84. The van der Waals surface area contributed by atoms with Crippen molar-refractivity contribution in [1.29, 1.82) is 0 Å². The van der Waals surface area contributed by atoms with E-state index in [1.54, 1.807) is 36.4 Å². The molecule has 4 aromatic rings. The summed E-state index contributed by atoms with van der Waals surface area (Å²) >= 11 is 0. The number of non-ortho nitro benzene ring substituents is 2. The van der Waals surface area contributed by atoms with Gasteiger partial charge >= 0.3 is 0 Å². The summed E-state index contributed by atoms with van der Waals surface area (Å²) < 4.78 is 0. The summed E-state index contributed by atoms with van der Waals surface area (Å²) in [5.41, 5.74) is 9.73. The zero-order valence-electron chi connectivity index (χ0n) is 15.5. The number of nitro benzene ring substituents is 2. The number of aromatic nitrogens is 2. The molecule has 0 unspecified atom stereocenters. The van der Waals surface area contributed by atoms with E-state index in [1.807, 2.05) is 12.1 Å². The third-order valence-electron chi connectivity index (χ3n) is 4.61. The van der Waals surface area contributed by atoms with Crippen molar-refractivity contribution in [3.63, 3.8) is 0 Å². The van der Waals surface area contributed by atoms with Crippen LogP contribution in [0.4, 0.5) is 17.1 Å². The number of benzene rings is 3. The number of hydrogen-bond donors (Lipinski definition) is 2. The topological polar surface area (TPSA) is 141 Å². The predicted octanol–water partition coefficient (Wildman–Crippen LogP) is 4.81. The lowest BCUT2D eigenvalue weighted by atomic mass is 10.0. The normalized spacial score (nSPS) is 10.7. The molecule has 0 atom stereocenters. The fourth-order valence-corrected chi connectivity index (χ4v) is 3.06. The van der Waals surface area contributed by atoms with Crippen LogP contribution in [-0.2, 0) is 0 Å². The molecular formula is C21H15N5O4. The summed E-state index contributed by atoms with van der Waals surface area (Å²) in [6.07, 6.45) is 0. The molecule has 148 valence electrons. The number of nitrogens with one attached hydrogen (secondary N) is 1. The fraction of sp³-hybridized carbons (Fsp3) is 0. The summed E-state index contributed by atoms with van der Waals surface area (Å²) in [7, 11) is 0. The van der Waals surface area contributed by atoms with Crippen LogP contribution in [0.25, 0.3) is 33.9 Å². The van der Waals surface area contributed by atoms with Crippen LogP contribution in [-0.4, -0.2) is 19.8 Å². The van der Waals surface area contributed by atoms with Gasteiger partial charge in [-0.15, -0.1) is 0 Å². The highest BCUT2D eigenvalue weighted by molar-refractivity contribution is 5.82. The fourth-order valence-electron chi connectivity index (χ4n) is 3.06. The molecule has 0 bridgehead atoms. The van der Waals surface area contributed by atoms with E-state index in [4.69, 9.17) is 5.73 Å². The van der Waals surface area contributed by atoms with Crippen molar-refractivity contribution in [3.8, 4) is 33.9 Å². The van der Waals surface area contributed by atoms with Gasteiger partial charge in [-0.2, -0.15) is 0 Å². The van der Waals surface area contributed by atoms with E-state index in [1.165, 1.54) is 24.3 Å². The Morgan fingerprint density at radius 3 is 1.67 bits per heavy atom. The van der Waals surface area contributed by atoms with Gasteiger partial charge in [-0.05, 0) is 48.5 Å². The highest BCUT2D eigenvalue weighted by Gasteiger charge is 2.17. The number of rotatable bonds is 5. The van der Waals surface area contributed by atoms with Crippen molar-refractivity contribution in [2.24, 2.45) is 0 Å². The lowest BCUT2D eigenvalue weighted by Gasteiger charge is -2.03. The Morgan fingerprint density at radius 1 is 0.700 bits per heavy atom. The van der Waals surface area contributed by atoms with Gasteiger partial charge in [-0.1, -0.05) is 0 Å². The minimum absolute atomic E-state index is 0.0195. The summed E-state index contributed by atoms with van der Waals surface area (Å²) in [6.45, 7) is 0. The molecule has 1 heterocycles. The van der Waals surface area contributed by atoms with Crippen LogP contribution < -0.4 is 5.73 Å². The molecule has 0 fully saturated rings. The first kappa shape index (κ1) is 18.8. The maximum absolute atomic E-state index is 11.0. The number of nitrogens with two attached hydrogens (primary N) is 1. The van der Waals surface area contributed by atoms with E-state index in [0.29, 0.717) is 34.0 Å². The summed E-state index contributed by atoms with van der Waals surface area (Å²) in [5.74, 6) is 0.580.